The van der Waals surface area contributed by atoms with Crippen molar-refractivity contribution in [2.24, 2.45) is 5.16 Å². The summed E-state index contributed by atoms with van der Waals surface area (Å²) in [6, 6.07) is 14.6. The Labute approximate surface area is 151 Å². The molecule has 1 amide bonds. The van der Waals surface area contributed by atoms with Gasteiger partial charge in [0.15, 0.2) is 6.61 Å². The smallest absolute Gasteiger partial charge is 0.265 e. The van der Waals surface area contributed by atoms with Gasteiger partial charge in [-0.1, -0.05) is 54.9 Å². The second-order valence-electron chi connectivity index (χ2n) is 5.68. The lowest BCUT2D eigenvalue weighted by molar-refractivity contribution is -0.120. The van der Waals surface area contributed by atoms with E-state index in [0.29, 0.717) is 22.2 Å². The van der Waals surface area contributed by atoms with E-state index < -0.39 is 5.91 Å². The Kier molecular flexibility index (Phi) is 6.55. The lowest BCUT2D eigenvalue weighted by atomic mass is 10.0. The monoisotopic (exact) mass is 355 g/mol. The molecule has 0 atom stereocenters. The lowest BCUT2D eigenvalue weighted by Gasteiger charge is -2.06. The van der Waals surface area contributed by atoms with Crippen LogP contribution in [0.3, 0.4) is 0 Å². The fraction of sp³-hybridized carbons (Fsp3) is 0.211. The first-order valence-electron chi connectivity index (χ1n) is 7.74. The van der Waals surface area contributed by atoms with E-state index in [-0.39, 0.29) is 6.61 Å². The van der Waals surface area contributed by atoms with E-state index in [9.17, 15) is 4.79 Å². The quantitative estimate of drug-likeness (QED) is 0.619. The summed E-state index contributed by atoms with van der Waals surface area (Å²) in [6.45, 7) is 3.99. The van der Waals surface area contributed by atoms with Gasteiger partial charge in [-0.15, -0.1) is 0 Å². The van der Waals surface area contributed by atoms with Crippen molar-refractivity contribution >= 4 is 29.4 Å². The number of rotatable bonds is 6. The Morgan fingerprint density at radius 1 is 1.32 bits per heavy atom. The van der Waals surface area contributed by atoms with Crippen LogP contribution in [0.5, 0.6) is 0 Å². The number of nitrogens with zero attached hydrogens (tertiary/aromatic N) is 2. The first-order valence-corrected chi connectivity index (χ1v) is 8.12. The van der Waals surface area contributed by atoms with Crippen LogP contribution in [0.1, 0.15) is 36.5 Å². The number of hydrogen-bond acceptors (Lipinski definition) is 4. The second kappa shape index (κ2) is 8.86. The van der Waals surface area contributed by atoms with Crippen LogP contribution in [0, 0.1) is 11.3 Å². The number of amides is 1. The van der Waals surface area contributed by atoms with Crippen LogP contribution >= 0.6 is 11.6 Å². The normalized spacial score (nSPS) is 10.7. The van der Waals surface area contributed by atoms with Gasteiger partial charge in [-0.2, -0.15) is 5.26 Å². The summed E-state index contributed by atoms with van der Waals surface area (Å²) in [4.78, 5) is 16.9. The molecule has 0 aromatic heterocycles. The van der Waals surface area contributed by atoms with Crippen LogP contribution in [0.4, 0.5) is 5.69 Å². The summed E-state index contributed by atoms with van der Waals surface area (Å²) in [5.41, 5.74) is 2.79. The fourth-order valence-corrected chi connectivity index (χ4v) is 2.24. The fourth-order valence-electron chi connectivity index (χ4n) is 2.06. The molecule has 2 aromatic carbocycles. The summed E-state index contributed by atoms with van der Waals surface area (Å²) in [5.74, 6) is 0.0433. The minimum Gasteiger partial charge on any atom is -0.386 e. The van der Waals surface area contributed by atoms with Crippen LogP contribution in [0.2, 0.25) is 5.02 Å². The molecule has 0 aliphatic rings. The van der Waals surface area contributed by atoms with Crippen molar-refractivity contribution in [3.8, 4) is 6.07 Å². The van der Waals surface area contributed by atoms with Crippen molar-refractivity contribution in [1.29, 1.82) is 5.26 Å². The van der Waals surface area contributed by atoms with Gasteiger partial charge in [0.1, 0.15) is 6.07 Å². The summed E-state index contributed by atoms with van der Waals surface area (Å²) >= 11 is 5.87. The summed E-state index contributed by atoms with van der Waals surface area (Å²) in [6.07, 6.45) is 1.54. The van der Waals surface area contributed by atoms with Crippen LogP contribution in [-0.2, 0) is 9.63 Å². The minimum atomic E-state index is -0.425. The van der Waals surface area contributed by atoms with Gasteiger partial charge in [0, 0.05) is 5.02 Å². The van der Waals surface area contributed by atoms with E-state index in [1.165, 1.54) is 23.9 Å². The third kappa shape index (κ3) is 5.63. The predicted molar refractivity (Wildman–Crippen MR) is 98.9 cm³/mol. The van der Waals surface area contributed by atoms with Crippen LogP contribution in [0.25, 0.3) is 0 Å². The minimum absolute atomic E-state index is 0.266. The van der Waals surface area contributed by atoms with Gasteiger partial charge >= 0.3 is 0 Å². The van der Waals surface area contributed by atoms with Gasteiger partial charge in [-0.3, -0.25) is 4.79 Å². The average molecular weight is 356 g/mol. The number of anilines is 1. The van der Waals surface area contributed by atoms with E-state index in [1.807, 2.05) is 30.3 Å². The topological polar surface area (TPSA) is 74.5 Å². The zero-order valence-corrected chi connectivity index (χ0v) is 14.7. The van der Waals surface area contributed by atoms with Crippen molar-refractivity contribution in [3.63, 3.8) is 0 Å². The van der Waals surface area contributed by atoms with Gasteiger partial charge in [0.2, 0.25) is 0 Å². The lowest BCUT2D eigenvalue weighted by Crippen LogP contribution is -2.17. The Bertz CT molecular complexity index is 808. The Morgan fingerprint density at radius 2 is 2.04 bits per heavy atom. The first kappa shape index (κ1) is 18.5. The van der Waals surface area contributed by atoms with Crippen molar-refractivity contribution in [2.45, 2.75) is 19.8 Å². The van der Waals surface area contributed by atoms with Crippen molar-refractivity contribution < 1.29 is 9.63 Å². The molecule has 0 heterocycles. The largest absolute Gasteiger partial charge is 0.386 e. The molecule has 0 aliphatic heterocycles. The van der Waals surface area contributed by atoms with Crippen molar-refractivity contribution in [3.05, 3.63) is 64.2 Å². The highest BCUT2D eigenvalue weighted by Gasteiger charge is 2.08. The maximum absolute atomic E-state index is 11.9. The maximum atomic E-state index is 11.9. The SMILES string of the molecule is CC(C)c1ccc(/C=N\OCC(=O)Nc2cc(Cl)ccc2C#N)cc1. The number of carbonyl (C=O) groups excluding carboxylic acids is 1. The van der Waals surface area contributed by atoms with Crippen LogP contribution in [-0.4, -0.2) is 18.7 Å². The van der Waals surface area contributed by atoms with Crippen molar-refractivity contribution in [1.82, 2.24) is 0 Å². The van der Waals surface area contributed by atoms with Gasteiger partial charge in [0.25, 0.3) is 5.91 Å². The second-order valence-corrected chi connectivity index (χ2v) is 6.12. The van der Waals surface area contributed by atoms with Gasteiger partial charge < -0.3 is 10.2 Å². The highest BCUT2D eigenvalue weighted by molar-refractivity contribution is 6.31. The molecular formula is C19H18ClN3O2. The van der Waals surface area contributed by atoms with E-state index >= 15 is 0 Å². The highest BCUT2D eigenvalue weighted by atomic mass is 35.5. The third-order valence-corrected chi connectivity index (χ3v) is 3.69. The number of nitriles is 1. The summed E-state index contributed by atoms with van der Waals surface area (Å²) in [7, 11) is 0. The van der Waals surface area contributed by atoms with E-state index in [1.54, 1.807) is 6.07 Å². The van der Waals surface area contributed by atoms with Crippen LogP contribution in [0.15, 0.2) is 47.6 Å². The molecule has 2 rings (SSSR count). The number of halogens is 1. The molecule has 0 fully saturated rings. The maximum Gasteiger partial charge on any atom is 0.265 e. The predicted octanol–water partition coefficient (Wildman–Crippen LogP) is 4.32. The molecule has 0 unspecified atom stereocenters. The van der Waals surface area contributed by atoms with E-state index in [2.05, 4.69) is 24.3 Å². The van der Waals surface area contributed by atoms with Gasteiger partial charge in [0.05, 0.1) is 17.5 Å². The Morgan fingerprint density at radius 3 is 2.68 bits per heavy atom. The Hall–Kier alpha value is -2.84. The zero-order chi connectivity index (χ0) is 18.2. The molecule has 6 heteroatoms. The standard InChI is InChI=1S/C19H18ClN3O2/c1-13(2)15-5-3-14(4-6-15)11-22-25-12-19(24)23-18-9-17(20)8-7-16(18)10-21/h3-9,11,13H,12H2,1-2H3,(H,23,24)/b22-11-. The van der Waals surface area contributed by atoms with Crippen molar-refractivity contribution in [2.75, 3.05) is 11.9 Å². The number of hydrogen-bond donors (Lipinski definition) is 1. The molecule has 0 radical (unpaired) electrons. The molecule has 0 spiro atoms. The molecule has 0 saturated heterocycles. The van der Waals surface area contributed by atoms with Gasteiger partial charge in [-0.25, -0.2) is 0 Å². The van der Waals surface area contributed by atoms with Crippen LogP contribution < -0.4 is 5.32 Å². The molecule has 0 bridgehead atoms. The number of nitrogens with one attached hydrogen (secondary N) is 1. The highest BCUT2D eigenvalue weighted by Crippen LogP contribution is 2.20. The number of carbonyl (C=O) groups is 1. The molecule has 2 aromatic rings. The summed E-state index contributed by atoms with van der Waals surface area (Å²) < 4.78 is 0. The number of oxime groups is 1. The molecule has 0 aliphatic carbocycles. The van der Waals surface area contributed by atoms with E-state index in [4.69, 9.17) is 21.7 Å². The molecule has 1 N–H and O–H groups in total. The van der Waals surface area contributed by atoms with Gasteiger partial charge in [-0.05, 0) is 35.2 Å². The molecular weight excluding hydrogens is 338 g/mol. The average Bonchev–Trinajstić information content (AvgIpc) is 2.59. The molecule has 5 nitrogen and oxygen atoms in total. The summed E-state index contributed by atoms with van der Waals surface area (Å²) in [5, 5.41) is 15.8. The zero-order valence-electron chi connectivity index (χ0n) is 14.0. The first-order chi connectivity index (χ1) is 12.0. The third-order valence-electron chi connectivity index (χ3n) is 3.45. The number of benzene rings is 2. The Balaban J connectivity index is 1.86. The molecule has 25 heavy (non-hydrogen) atoms. The molecule has 0 saturated carbocycles. The molecule has 128 valence electrons. The van der Waals surface area contributed by atoms with E-state index in [0.717, 1.165) is 5.56 Å².